The van der Waals surface area contributed by atoms with Crippen molar-refractivity contribution in [3.63, 3.8) is 0 Å². The van der Waals surface area contributed by atoms with Gasteiger partial charge in [0.05, 0.1) is 29.1 Å². The van der Waals surface area contributed by atoms with Crippen LogP contribution in [0.15, 0.2) is 56.8 Å². The van der Waals surface area contributed by atoms with Crippen molar-refractivity contribution in [2.75, 3.05) is 13.2 Å². The van der Waals surface area contributed by atoms with Gasteiger partial charge in [-0.15, -0.1) is 11.3 Å². The second-order valence-electron chi connectivity index (χ2n) is 9.88. The minimum absolute atomic E-state index is 0.0407. The largest absolute Gasteiger partial charge is 0.444 e. The number of hydrogen-bond donors (Lipinski definition) is 1. The van der Waals surface area contributed by atoms with E-state index in [4.69, 9.17) is 19.6 Å². The minimum Gasteiger partial charge on any atom is -0.444 e. The summed E-state index contributed by atoms with van der Waals surface area (Å²) < 4.78 is 20.0. The molecule has 0 saturated carbocycles. The summed E-state index contributed by atoms with van der Waals surface area (Å²) in [5.41, 5.74) is 4.39. The molecule has 1 saturated heterocycles. The zero-order chi connectivity index (χ0) is 27.0. The van der Waals surface area contributed by atoms with Crippen molar-refractivity contribution in [2.24, 2.45) is 5.73 Å². The molecule has 0 spiro atoms. The summed E-state index contributed by atoms with van der Waals surface area (Å²) in [4.78, 5) is 45.6. The van der Waals surface area contributed by atoms with Gasteiger partial charge in [0.1, 0.15) is 22.7 Å². The maximum absolute atomic E-state index is 14.0. The van der Waals surface area contributed by atoms with Crippen LogP contribution >= 0.6 is 11.3 Å². The predicted molar refractivity (Wildman–Crippen MR) is 143 cm³/mol. The number of fused-ring (bicyclic) bond motifs is 1. The van der Waals surface area contributed by atoms with E-state index in [-0.39, 0.29) is 12.6 Å². The zero-order valence-corrected chi connectivity index (χ0v) is 22.3. The molecule has 4 heterocycles. The highest BCUT2D eigenvalue weighted by atomic mass is 32.1. The molecule has 0 radical (unpaired) electrons. The summed E-state index contributed by atoms with van der Waals surface area (Å²) in [6.45, 7) is 6.06. The van der Waals surface area contributed by atoms with E-state index in [9.17, 15) is 14.4 Å². The van der Waals surface area contributed by atoms with E-state index in [0.717, 1.165) is 23.0 Å². The topological polar surface area (TPSA) is 132 Å². The Hall–Kier alpha value is -3.54. The van der Waals surface area contributed by atoms with Crippen LogP contribution in [0.3, 0.4) is 0 Å². The van der Waals surface area contributed by atoms with E-state index in [1.165, 1.54) is 42.2 Å². The second kappa shape index (κ2) is 10.3. The normalized spacial score (nSPS) is 15.7. The number of benzene rings is 1. The van der Waals surface area contributed by atoms with Crippen molar-refractivity contribution in [3.05, 3.63) is 74.8 Å². The van der Waals surface area contributed by atoms with Crippen molar-refractivity contribution in [1.82, 2.24) is 14.1 Å². The first-order chi connectivity index (χ1) is 18.2. The highest BCUT2D eigenvalue weighted by Gasteiger charge is 2.35. The second-order valence-corrected chi connectivity index (χ2v) is 10.9. The number of hydrogen-bond acceptors (Lipinski definition) is 8. The number of carbonyl (C=O) groups is 1. The van der Waals surface area contributed by atoms with Gasteiger partial charge in [0.15, 0.2) is 0 Å². The van der Waals surface area contributed by atoms with Crippen LogP contribution in [0.25, 0.3) is 21.0 Å². The third-order valence-electron chi connectivity index (χ3n) is 7.05. The number of nitrogens with zero attached hydrogens (tertiary/aromatic N) is 3. The first-order valence-corrected chi connectivity index (χ1v) is 13.3. The summed E-state index contributed by atoms with van der Waals surface area (Å²) in [5.74, 6) is -0.442. The van der Waals surface area contributed by atoms with Gasteiger partial charge >= 0.3 is 5.69 Å². The van der Waals surface area contributed by atoms with Gasteiger partial charge in [0, 0.05) is 13.2 Å². The SMILES string of the molecule is Cc1c(-c2ncco2)sc2c1c(=O)n(C(C)(C)C(N)=O)c(=O)n2C[C@H](OC1CCOCC1)c1ccccc1. The van der Waals surface area contributed by atoms with Gasteiger partial charge in [-0.2, -0.15) is 0 Å². The Morgan fingerprint density at radius 1 is 1.24 bits per heavy atom. The molecule has 200 valence electrons. The maximum Gasteiger partial charge on any atom is 0.333 e. The molecule has 3 aromatic heterocycles. The Kier molecular flexibility index (Phi) is 7.08. The summed E-state index contributed by atoms with van der Waals surface area (Å²) in [5, 5.41) is 0.315. The maximum atomic E-state index is 14.0. The molecule has 38 heavy (non-hydrogen) atoms. The van der Waals surface area contributed by atoms with Crippen molar-refractivity contribution in [3.8, 4) is 10.8 Å². The van der Waals surface area contributed by atoms with E-state index in [1.54, 1.807) is 6.92 Å². The monoisotopic (exact) mass is 538 g/mol. The Bertz CT molecular complexity index is 1560. The average Bonchev–Trinajstić information content (AvgIpc) is 3.55. The highest BCUT2D eigenvalue weighted by molar-refractivity contribution is 7.22. The van der Waals surface area contributed by atoms with Crippen molar-refractivity contribution >= 4 is 27.5 Å². The number of ether oxygens (including phenoxy) is 2. The number of rotatable bonds is 8. The van der Waals surface area contributed by atoms with Crippen LogP contribution in [0.4, 0.5) is 0 Å². The van der Waals surface area contributed by atoms with E-state index < -0.39 is 28.8 Å². The van der Waals surface area contributed by atoms with E-state index in [0.29, 0.717) is 39.8 Å². The molecule has 1 aliphatic rings. The molecule has 1 aliphatic heterocycles. The molecule has 5 rings (SSSR count). The molecule has 10 nitrogen and oxygen atoms in total. The van der Waals surface area contributed by atoms with Crippen LogP contribution in [0.5, 0.6) is 0 Å². The summed E-state index contributed by atoms with van der Waals surface area (Å²) >= 11 is 1.25. The molecule has 0 unspecified atom stereocenters. The lowest BCUT2D eigenvalue weighted by Crippen LogP contribution is -2.54. The first kappa shape index (κ1) is 26.1. The van der Waals surface area contributed by atoms with Crippen LogP contribution in [0, 0.1) is 6.92 Å². The van der Waals surface area contributed by atoms with Gasteiger partial charge in [-0.05, 0) is 44.7 Å². The van der Waals surface area contributed by atoms with Crippen LogP contribution in [0.1, 0.15) is 43.9 Å². The number of carbonyl (C=O) groups excluding carboxylic acids is 1. The van der Waals surface area contributed by atoms with Gasteiger partial charge in [-0.25, -0.2) is 14.3 Å². The predicted octanol–water partition coefficient (Wildman–Crippen LogP) is 3.35. The van der Waals surface area contributed by atoms with Gasteiger partial charge in [0.25, 0.3) is 5.56 Å². The minimum atomic E-state index is -1.56. The summed E-state index contributed by atoms with van der Waals surface area (Å²) in [7, 11) is 0. The third kappa shape index (κ3) is 4.61. The van der Waals surface area contributed by atoms with Crippen molar-refractivity contribution < 1.29 is 18.7 Å². The molecule has 1 amide bonds. The number of nitrogens with two attached hydrogens (primary N) is 1. The van der Waals surface area contributed by atoms with Crippen molar-refractivity contribution in [1.29, 1.82) is 0 Å². The third-order valence-corrected chi connectivity index (χ3v) is 8.35. The number of aryl methyl sites for hydroxylation is 1. The molecule has 0 aliphatic carbocycles. The van der Waals surface area contributed by atoms with E-state index in [1.807, 2.05) is 30.3 Å². The fourth-order valence-corrected chi connectivity index (χ4v) is 6.00. The van der Waals surface area contributed by atoms with Crippen LogP contribution < -0.4 is 17.0 Å². The Morgan fingerprint density at radius 3 is 2.58 bits per heavy atom. The average molecular weight is 539 g/mol. The molecule has 1 atom stereocenters. The molecule has 1 fully saturated rings. The van der Waals surface area contributed by atoms with Crippen LogP contribution in [-0.4, -0.2) is 39.3 Å². The lowest BCUT2D eigenvalue weighted by molar-refractivity contribution is -0.125. The molecule has 2 N–H and O–H groups in total. The Balaban J connectivity index is 1.74. The fourth-order valence-electron chi connectivity index (χ4n) is 4.76. The lowest BCUT2D eigenvalue weighted by atomic mass is 10.0. The summed E-state index contributed by atoms with van der Waals surface area (Å²) in [6.07, 6.45) is 3.93. The van der Waals surface area contributed by atoms with Gasteiger partial charge in [-0.3, -0.25) is 14.2 Å². The Morgan fingerprint density at radius 2 is 1.95 bits per heavy atom. The quantitative estimate of drug-likeness (QED) is 0.364. The number of aromatic nitrogens is 3. The van der Waals surface area contributed by atoms with E-state index in [2.05, 4.69) is 4.98 Å². The number of primary amides is 1. The Labute approximate surface area is 222 Å². The summed E-state index contributed by atoms with van der Waals surface area (Å²) in [6, 6.07) is 9.66. The van der Waals surface area contributed by atoms with Gasteiger partial charge in [-0.1, -0.05) is 30.3 Å². The molecule has 11 heteroatoms. The smallest absolute Gasteiger partial charge is 0.333 e. The molecule has 0 bridgehead atoms. The fraction of sp³-hybridized carbons (Fsp3) is 0.407. The molecule has 1 aromatic carbocycles. The highest BCUT2D eigenvalue weighted by Crippen LogP contribution is 2.36. The standard InChI is InChI=1S/C27H30N4O6S/c1-16-20-23(32)31(27(2,3)25(28)33)26(34)30(24(20)38-21(16)22-29-11-14-36-22)15-19(17-7-5-4-6-8-17)37-18-9-12-35-13-10-18/h4-8,11,14,18-19H,9-10,12-13,15H2,1-3H3,(H2,28,33)/t19-/m0/s1. The zero-order valence-electron chi connectivity index (χ0n) is 21.5. The number of thiophene rings is 1. The van der Waals surface area contributed by atoms with E-state index >= 15 is 0 Å². The van der Waals surface area contributed by atoms with Crippen LogP contribution in [-0.2, 0) is 26.4 Å². The number of oxazole rings is 1. The molecular formula is C27H30N4O6S. The lowest BCUT2D eigenvalue weighted by Gasteiger charge is -2.29. The van der Waals surface area contributed by atoms with Gasteiger partial charge < -0.3 is 19.6 Å². The van der Waals surface area contributed by atoms with Crippen LogP contribution in [0.2, 0.25) is 0 Å². The van der Waals surface area contributed by atoms with Crippen molar-refractivity contribution in [2.45, 2.75) is 57.9 Å². The number of amides is 1. The first-order valence-electron chi connectivity index (χ1n) is 12.5. The molecular weight excluding hydrogens is 508 g/mol. The van der Waals surface area contributed by atoms with Gasteiger partial charge in [0.2, 0.25) is 11.8 Å². The molecule has 4 aromatic rings.